The number of rotatable bonds is 6. The van der Waals surface area contributed by atoms with E-state index in [2.05, 4.69) is 4.98 Å². The Morgan fingerprint density at radius 1 is 0.750 bits per heavy atom. The smallest absolute Gasteiger partial charge is 0.195 e. The fourth-order valence-electron chi connectivity index (χ4n) is 3.61. The molecule has 5 heteroatoms. The number of carbonyl (C=O) groups is 1. The zero-order valence-corrected chi connectivity index (χ0v) is 19.2. The molecule has 162 valence electrons. The van der Waals surface area contributed by atoms with Gasteiger partial charge in [0.2, 0.25) is 0 Å². The van der Waals surface area contributed by atoms with E-state index in [-0.39, 0.29) is 16.4 Å². The molecule has 32 heavy (non-hydrogen) atoms. The van der Waals surface area contributed by atoms with E-state index in [1.807, 2.05) is 57.2 Å². The number of ketones is 1. The Kier molecular flexibility index (Phi) is 5.85. The van der Waals surface area contributed by atoms with E-state index in [0.717, 1.165) is 22.3 Å². The highest BCUT2D eigenvalue weighted by atomic mass is 32.2. The molecule has 3 aromatic carbocycles. The summed E-state index contributed by atoms with van der Waals surface area (Å²) in [5.74, 6) is -0.355. The number of sulfone groups is 1. The molecule has 4 aromatic rings. The standard InChI is InChI=1S/C27H25NO3S/c1-18-4-10-21(11-5-18)26-25(27(29)22-12-6-19(2)7-13-22)16-23(28-26)17-32(30,31)24-14-8-20(3)9-15-24/h4-16,28H,17H2,1-3H3. The molecule has 0 aliphatic heterocycles. The minimum absolute atomic E-state index is 0.143. The van der Waals surface area contributed by atoms with E-state index >= 15 is 0 Å². The summed E-state index contributed by atoms with van der Waals surface area (Å²) in [4.78, 5) is 16.8. The number of hydrogen-bond acceptors (Lipinski definition) is 3. The van der Waals surface area contributed by atoms with Crippen molar-refractivity contribution in [3.63, 3.8) is 0 Å². The monoisotopic (exact) mass is 443 g/mol. The molecule has 4 nitrogen and oxygen atoms in total. The van der Waals surface area contributed by atoms with Crippen LogP contribution >= 0.6 is 0 Å². The van der Waals surface area contributed by atoms with Crippen LogP contribution in [0.3, 0.4) is 0 Å². The highest BCUT2D eigenvalue weighted by Crippen LogP contribution is 2.28. The highest BCUT2D eigenvalue weighted by Gasteiger charge is 2.22. The Bertz CT molecular complexity index is 1360. The van der Waals surface area contributed by atoms with E-state index in [1.165, 1.54) is 0 Å². The zero-order chi connectivity index (χ0) is 22.9. The second kappa shape index (κ2) is 8.60. The van der Waals surface area contributed by atoms with Crippen molar-refractivity contribution in [2.45, 2.75) is 31.4 Å². The Hall–Kier alpha value is -3.44. The lowest BCUT2D eigenvalue weighted by Gasteiger charge is -2.05. The van der Waals surface area contributed by atoms with Gasteiger partial charge in [0.25, 0.3) is 0 Å². The van der Waals surface area contributed by atoms with Crippen molar-refractivity contribution in [3.05, 3.63) is 112 Å². The molecule has 0 bridgehead atoms. The number of carbonyl (C=O) groups excluding carboxylic acids is 1. The number of aromatic amines is 1. The second-order valence-electron chi connectivity index (χ2n) is 8.22. The molecule has 0 saturated heterocycles. The van der Waals surface area contributed by atoms with E-state index in [4.69, 9.17) is 0 Å². The van der Waals surface area contributed by atoms with Crippen molar-refractivity contribution in [2.75, 3.05) is 0 Å². The van der Waals surface area contributed by atoms with E-state index in [9.17, 15) is 13.2 Å². The van der Waals surface area contributed by atoms with Gasteiger partial charge in [-0.25, -0.2) is 8.42 Å². The quantitative estimate of drug-likeness (QED) is 0.382. The first-order valence-corrected chi connectivity index (χ1v) is 12.1. The van der Waals surface area contributed by atoms with Crippen molar-refractivity contribution in [2.24, 2.45) is 0 Å². The van der Waals surface area contributed by atoms with E-state index < -0.39 is 9.84 Å². The normalized spacial score (nSPS) is 11.5. The third kappa shape index (κ3) is 4.58. The van der Waals surface area contributed by atoms with E-state index in [1.54, 1.807) is 42.5 Å². The SMILES string of the molecule is Cc1ccc(C(=O)c2cc(CS(=O)(=O)c3ccc(C)cc3)[nH]c2-c2ccc(C)cc2)cc1. The molecule has 0 amide bonds. The summed E-state index contributed by atoms with van der Waals surface area (Å²) in [6.07, 6.45) is 0. The Morgan fingerprint density at radius 3 is 1.81 bits per heavy atom. The largest absolute Gasteiger partial charge is 0.357 e. The molecular weight excluding hydrogens is 418 g/mol. The maximum atomic E-state index is 13.3. The lowest BCUT2D eigenvalue weighted by atomic mass is 9.99. The summed E-state index contributed by atoms with van der Waals surface area (Å²) < 4.78 is 26.0. The van der Waals surface area contributed by atoms with Gasteiger partial charge >= 0.3 is 0 Å². The van der Waals surface area contributed by atoms with Gasteiger partial charge < -0.3 is 4.98 Å². The van der Waals surface area contributed by atoms with Crippen LogP contribution in [0.25, 0.3) is 11.3 Å². The minimum Gasteiger partial charge on any atom is -0.357 e. The van der Waals surface area contributed by atoms with Crippen LogP contribution in [0.5, 0.6) is 0 Å². The van der Waals surface area contributed by atoms with Gasteiger partial charge in [-0.2, -0.15) is 0 Å². The summed E-state index contributed by atoms with van der Waals surface area (Å²) in [5, 5.41) is 0. The molecule has 1 aromatic heterocycles. The predicted molar refractivity (Wildman–Crippen MR) is 128 cm³/mol. The zero-order valence-electron chi connectivity index (χ0n) is 18.3. The molecule has 0 radical (unpaired) electrons. The molecule has 0 fully saturated rings. The third-order valence-electron chi connectivity index (χ3n) is 5.50. The van der Waals surface area contributed by atoms with Gasteiger partial charge in [0.15, 0.2) is 15.6 Å². The first-order valence-electron chi connectivity index (χ1n) is 10.4. The van der Waals surface area contributed by atoms with Gasteiger partial charge in [-0.05, 0) is 44.5 Å². The van der Waals surface area contributed by atoms with Gasteiger partial charge in [0, 0.05) is 16.8 Å². The average Bonchev–Trinajstić information content (AvgIpc) is 3.17. The van der Waals surface area contributed by atoms with E-state index in [0.29, 0.717) is 22.5 Å². The summed E-state index contributed by atoms with van der Waals surface area (Å²) in [6.45, 7) is 5.88. The van der Waals surface area contributed by atoms with Crippen LogP contribution in [0.4, 0.5) is 0 Å². The maximum absolute atomic E-state index is 13.3. The molecule has 4 rings (SSSR count). The molecule has 0 spiro atoms. The Morgan fingerprint density at radius 2 is 1.25 bits per heavy atom. The topological polar surface area (TPSA) is 67.0 Å². The van der Waals surface area contributed by atoms with Crippen LogP contribution in [-0.2, 0) is 15.6 Å². The maximum Gasteiger partial charge on any atom is 0.195 e. The van der Waals surface area contributed by atoms with Crippen LogP contribution in [-0.4, -0.2) is 19.2 Å². The minimum atomic E-state index is -3.56. The second-order valence-corrected chi connectivity index (χ2v) is 10.2. The summed E-state index contributed by atoms with van der Waals surface area (Å²) in [5.41, 5.74) is 6.15. The van der Waals surface area contributed by atoms with Crippen LogP contribution in [0.1, 0.15) is 38.3 Å². The molecule has 0 aliphatic rings. The van der Waals surface area contributed by atoms with Crippen LogP contribution in [0, 0.1) is 20.8 Å². The van der Waals surface area contributed by atoms with Gasteiger partial charge in [-0.3, -0.25) is 4.79 Å². The van der Waals surface area contributed by atoms with Gasteiger partial charge in [0.1, 0.15) is 0 Å². The first-order chi connectivity index (χ1) is 15.2. The highest BCUT2D eigenvalue weighted by molar-refractivity contribution is 7.90. The molecule has 0 atom stereocenters. The van der Waals surface area contributed by atoms with Gasteiger partial charge in [-0.15, -0.1) is 0 Å². The lowest BCUT2D eigenvalue weighted by Crippen LogP contribution is -2.05. The van der Waals surface area contributed by atoms with Gasteiger partial charge in [-0.1, -0.05) is 77.4 Å². The Balaban J connectivity index is 1.76. The number of benzene rings is 3. The van der Waals surface area contributed by atoms with Crippen LogP contribution in [0.15, 0.2) is 83.8 Å². The van der Waals surface area contributed by atoms with Crippen LogP contribution < -0.4 is 0 Å². The van der Waals surface area contributed by atoms with Crippen molar-refractivity contribution in [3.8, 4) is 11.3 Å². The summed E-state index contributed by atoms with van der Waals surface area (Å²) >= 11 is 0. The Labute approximate surface area is 188 Å². The van der Waals surface area contributed by atoms with Crippen LogP contribution in [0.2, 0.25) is 0 Å². The van der Waals surface area contributed by atoms with Crippen molar-refractivity contribution < 1.29 is 13.2 Å². The average molecular weight is 444 g/mol. The molecule has 0 unspecified atom stereocenters. The summed E-state index contributed by atoms with van der Waals surface area (Å²) in [7, 11) is -3.56. The molecular formula is C27H25NO3S. The fraction of sp³-hybridized carbons (Fsp3) is 0.148. The number of aryl methyl sites for hydroxylation is 3. The lowest BCUT2D eigenvalue weighted by molar-refractivity contribution is 0.103. The molecule has 1 heterocycles. The fourth-order valence-corrected chi connectivity index (χ4v) is 4.89. The molecule has 0 aliphatic carbocycles. The first kappa shape index (κ1) is 21.8. The third-order valence-corrected chi connectivity index (χ3v) is 7.18. The summed E-state index contributed by atoms with van der Waals surface area (Å²) in [6, 6.07) is 23.7. The van der Waals surface area contributed by atoms with Gasteiger partial charge in [0.05, 0.1) is 16.3 Å². The number of nitrogens with one attached hydrogen (secondary N) is 1. The van der Waals surface area contributed by atoms with Crippen molar-refractivity contribution in [1.29, 1.82) is 0 Å². The molecule has 0 saturated carbocycles. The molecule has 1 N–H and O–H groups in total. The van der Waals surface area contributed by atoms with Crippen molar-refractivity contribution in [1.82, 2.24) is 4.98 Å². The number of H-pyrrole nitrogens is 1. The van der Waals surface area contributed by atoms with Crippen molar-refractivity contribution >= 4 is 15.6 Å². The number of hydrogen-bond donors (Lipinski definition) is 1. The predicted octanol–water partition coefficient (Wildman–Crippen LogP) is 5.81. The number of aromatic nitrogens is 1.